The van der Waals surface area contributed by atoms with Crippen LogP contribution in [0.1, 0.15) is 110 Å². The second-order valence-electron chi connectivity index (χ2n) is 6.72. The molecule has 0 atom stereocenters. The van der Waals surface area contributed by atoms with Crippen LogP contribution in [-0.4, -0.2) is 4.75 Å². The largest absolute Gasteiger partial charge is 0.173 e. The number of hydrogen-bond acceptors (Lipinski definition) is 1. The molecule has 0 heterocycles. The standard InChI is InChI=1S/C18H36S/c1-2-3-4-5-6-7-9-12-15-18(19)16-13-10-8-11-14-17-18/h19H,2-17H2,1H3. The third kappa shape index (κ3) is 9.00. The van der Waals surface area contributed by atoms with Gasteiger partial charge in [0.25, 0.3) is 0 Å². The van der Waals surface area contributed by atoms with E-state index in [1.165, 1.54) is 103 Å². The molecule has 1 rings (SSSR count). The molecule has 1 heteroatoms. The molecule has 0 amide bonds. The first kappa shape index (κ1) is 17.4. The molecule has 0 aromatic rings. The molecule has 0 aliphatic heterocycles. The third-order valence-corrected chi connectivity index (χ3v) is 5.45. The average Bonchev–Trinajstić information content (AvgIpc) is 2.38. The van der Waals surface area contributed by atoms with Crippen LogP contribution < -0.4 is 0 Å². The van der Waals surface area contributed by atoms with Crippen molar-refractivity contribution < 1.29 is 0 Å². The van der Waals surface area contributed by atoms with Gasteiger partial charge in [-0.05, 0) is 19.3 Å². The fourth-order valence-electron chi connectivity index (χ4n) is 3.40. The molecule has 1 aliphatic carbocycles. The van der Waals surface area contributed by atoms with Gasteiger partial charge in [0.05, 0.1) is 0 Å². The van der Waals surface area contributed by atoms with Crippen molar-refractivity contribution in [2.75, 3.05) is 0 Å². The van der Waals surface area contributed by atoms with Crippen LogP contribution in [0.15, 0.2) is 0 Å². The van der Waals surface area contributed by atoms with E-state index in [1.54, 1.807) is 0 Å². The summed E-state index contributed by atoms with van der Waals surface area (Å²) < 4.78 is 0.391. The Hall–Kier alpha value is 0.350. The Morgan fingerprint density at radius 2 is 1.16 bits per heavy atom. The normalized spacial score (nSPS) is 19.9. The van der Waals surface area contributed by atoms with E-state index in [1.807, 2.05) is 0 Å². The van der Waals surface area contributed by atoms with Crippen LogP contribution in [-0.2, 0) is 0 Å². The Balaban J connectivity index is 2.00. The van der Waals surface area contributed by atoms with Gasteiger partial charge in [-0.25, -0.2) is 0 Å². The van der Waals surface area contributed by atoms with Crippen molar-refractivity contribution in [3.05, 3.63) is 0 Å². The number of rotatable bonds is 9. The quantitative estimate of drug-likeness (QED) is 0.344. The predicted octanol–water partition coefficient (Wildman–Crippen LogP) is 6.93. The highest BCUT2D eigenvalue weighted by atomic mass is 32.1. The lowest BCUT2D eigenvalue weighted by Gasteiger charge is -2.30. The monoisotopic (exact) mass is 284 g/mol. The van der Waals surface area contributed by atoms with Gasteiger partial charge in [0.1, 0.15) is 0 Å². The summed E-state index contributed by atoms with van der Waals surface area (Å²) in [5.41, 5.74) is 0. The maximum Gasteiger partial charge on any atom is 0.0130 e. The zero-order chi connectivity index (χ0) is 13.8. The van der Waals surface area contributed by atoms with E-state index in [9.17, 15) is 0 Å². The Bertz CT molecular complexity index is 192. The molecular weight excluding hydrogens is 248 g/mol. The molecule has 1 fully saturated rings. The van der Waals surface area contributed by atoms with E-state index < -0.39 is 0 Å². The van der Waals surface area contributed by atoms with Crippen molar-refractivity contribution in [1.82, 2.24) is 0 Å². The minimum atomic E-state index is 0.391. The summed E-state index contributed by atoms with van der Waals surface area (Å²) in [7, 11) is 0. The molecule has 0 spiro atoms. The Morgan fingerprint density at radius 1 is 0.684 bits per heavy atom. The first-order valence-corrected chi connectivity index (χ1v) is 9.44. The SMILES string of the molecule is CCCCCCCCCCC1(S)CCCCCCC1. The van der Waals surface area contributed by atoms with E-state index in [0.717, 1.165) is 0 Å². The Kier molecular flexibility index (Phi) is 10.1. The van der Waals surface area contributed by atoms with E-state index in [-0.39, 0.29) is 0 Å². The number of hydrogen-bond donors (Lipinski definition) is 1. The van der Waals surface area contributed by atoms with Crippen LogP contribution in [0, 0.1) is 0 Å². The summed E-state index contributed by atoms with van der Waals surface area (Å²) in [5.74, 6) is 0. The van der Waals surface area contributed by atoms with Crippen molar-refractivity contribution >= 4 is 12.6 Å². The summed E-state index contributed by atoms with van der Waals surface area (Å²) in [4.78, 5) is 0. The highest BCUT2D eigenvalue weighted by Crippen LogP contribution is 2.36. The zero-order valence-electron chi connectivity index (χ0n) is 13.3. The summed E-state index contributed by atoms with van der Waals surface area (Å²) >= 11 is 5.04. The molecule has 0 saturated heterocycles. The van der Waals surface area contributed by atoms with E-state index in [2.05, 4.69) is 6.92 Å². The fourth-order valence-corrected chi connectivity index (χ4v) is 3.88. The first-order valence-electron chi connectivity index (χ1n) is 8.99. The van der Waals surface area contributed by atoms with Crippen LogP contribution in [0.25, 0.3) is 0 Å². The summed E-state index contributed by atoms with van der Waals surface area (Å²) in [5, 5.41) is 0. The molecule has 1 saturated carbocycles. The van der Waals surface area contributed by atoms with Gasteiger partial charge in [0.15, 0.2) is 0 Å². The first-order chi connectivity index (χ1) is 9.27. The van der Waals surface area contributed by atoms with Gasteiger partial charge in [-0.3, -0.25) is 0 Å². The van der Waals surface area contributed by atoms with Gasteiger partial charge in [-0.1, -0.05) is 90.4 Å². The van der Waals surface area contributed by atoms with Gasteiger partial charge in [0.2, 0.25) is 0 Å². The number of thiol groups is 1. The second kappa shape index (κ2) is 11.1. The van der Waals surface area contributed by atoms with Gasteiger partial charge in [0, 0.05) is 4.75 Å². The lowest BCUT2D eigenvalue weighted by atomic mass is 9.86. The fraction of sp³-hybridized carbons (Fsp3) is 1.00. The highest BCUT2D eigenvalue weighted by Gasteiger charge is 2.24. The van der Waals surface area contributed by atoms with E-state index in [0.29, 0.717) is 4.75 Å². The molecule has 0 N–H and O–H groups in total. The van der Waals surface area contributed by atoms with Crippen molar-refractivity contribution in [1.29, 1.82) is 0 Å². The smallest absolute Gasteiger partial charge is 0.0130 e. The minimum absolute atomic E-state index is 0.391. The topological polar surface area (TPSA) is 0 Å². The minimum Gasteiger partial charge on any atom is -0.173 e. The highest BCUT2D eigenvalue weighted by molar-refractivity contribution is 7.81. The molecular formula is C18H36S. The van der Waals surface area contributed by atoms with Crippen molar-refractivity contribution in [2.24, 2.45) is 0 Å². The Morgan fingerprint density at radius 3 is 1.74 bits per heavy atom. The molecule has 0 bridgehead atoms. The lowest BCUT2D eigenvalue weighted by molar-refractivity contribution is 0.384. The maximum atomic E-state index is 5.04. The maximum absolute atomic E-state index is 5.04. The van der Waals surface area contributed by atoms with Crippen molar-refractivity contribution in [2.45, 2.75) is 114 Å². The van der Waals surface area contributed by atoms with Crippen molar-refractivity contribution in [3.63, 3.8) is 0 Å². The lowest BCUT2D eigenvalue weighted by Crippen LogP contribution is -2.22. The van der Waals surface area contributed by atoms with Crippen LogP contribution >= 0.6 is 12.6 Å². The van der Waals surface area contributed by atoms with Crippen LogP contribution in [0.3, 0.4) is 0 Å². The third-order valence-electron chi connectivity index (χ3n) is 4.78. The van der Waals surface area contributed by atoms with E-state index in [4.69, 9.17) is 12.6 Å². The molecule has 114 valence electrons. The molecule has 0 nitrogen and oxygen atoms in total. The molecule has 0 aromatic heterocycles. The van der Waals surface area contributed by atoms with Crippen LogP contribution in [0.4, 0.5) is 0 Å². The molecule has 0 aromatic carbocycles. The molecule has 1 aliphatic rings. The molecule has 0 unspecified atom stereocenters. The molecule has 0 radical (unpaired) electrons. The summed E-state index contributed by atoms with van der Waals surface area (Å²) in [6, 6.07) is 0. The second-order valence-corrected chi connectivity index (χ2v) is 7.67. The van der Waals surface area contributed by atoms with Crippen molar-refractivity contribution in [3.8, 4) is 0 Å². The van der Waals surface area contributed by atoms with Gasteiger partial charge < -0.3 is 0 Å². The van der Waals surface area contributed by atoms with Gasteiger partial charge >= 0.3 is 0 Å². The van der Waals surface area contributed by atoms with Gasteiger partial charge in [-0.2, -0.15) is 12.6 Å². The summed E-state index contributed by atoms with van der Waals surface area (Å²) in [6.07, 6.45) is 22.8. The van der Waals surface area contributed by atoms with Crippen LogP contribution in [0.2, 0.25) is 0 Å². The predicted molar refractivity (Wildman–Crippen MR) is 91.3 cm³/mol. The zero-order valence-corrected chi connectivity index (χ0v) is 14.2. The average molecular weight is 285 g/mol. The summed E-state index contributed by atoms with van der Waals surface area (Å²) in [6.45, 7) is 2.29. The Labute approximate surface area is 127 Å². The molecule has 19 heavy (non-hydrogen) atoms. The van der Waals surface area contributed by atoms with E-state index >= 15 is 0 Å². The van der Waals surface area contributed by atoms with Crippen LogP contribution in [0.5, 0.6) is 0 Å². The number of unbranched alkanes of at least 4 members (excludes halogenated alkanes) is 7. The van der Waals surface area contributed by atoms with Gasteiger partial charge in [-0.15, -0.1) is 0 Å².